The van der Waals surface area contributed by atoms with E-state index in [1.807, 2.05) is 0 Å². The van der Waals surface area contributed by atoms with E-state index < -0.39 is 0 Å². The van der Waals surface area contributed by atoms with Crippen molar-refractivity contribution < 1.29 is 4.57 Å². The van der Waals surface area contributed by atoms with Crippen LogP contribution >= 0.6 is 0 Å². The second-order valence-electron chi connectivity index (χ2n) is 8.08. The van der Waals surface area contributed by atoms with Gasteiger partial charge < -0.3 is 0 Å². The van der Waals surface area contributed by atoms with Crippen LogP contribution in [0.25, 0.3) is 32.9 Å². The Morgan fingerprint density at radius 1 is 0.720 bits per heavy atom. The second-order valence-corrected chi connectivity index (χ2v) is 8.08. The van der Waals surface area contributed by atoms with Gasteiger partial charge in [0.05, 0.1) is 21.8 Å². The molecule has 1 heteroatoms. The van der Waals surface area contributed by atoms with Gasteiger partial charge in [-0.2, -0.15) is 4.57 Å². The first kappa shape index (κ1) is 13.6. The standard InChI is InChI=1S/C24H20N/c1-23-15-24(23,2)25-21-14-8-6-10-17(21)16-9-3-4-11-18(16)22(25)19-12-5-7-13-20(19)23/h3-14H,15H2,1-2H3/q+1. The third kappa shape index (κ3) is 1.40. The first-order valence-electron chi connectivity index (χ1n) is 9.11. The van der Waals surface area contributed by atoms with E-state index in [2.05, 4.69) is 91.2 Å². The Morgan fingerprint density at radius 2 is 1.36 bits per heavy atom. The molecule has 0 spiro atoms. The Bertz CT molecular complexity index is 1210. The van der Waals surface area contributed by atoms with E-state index in [0.717, 1.165) is 0 Å². The molecule has 0 radical (unpaired) electrons. The van der Waals surface area contributed by atoms with Gasteiger partial charge in [-0.25, -0.2) is 0 Å². The van der Waals surface area contributed by atoms with Gasteiger partial charge in [0.2, 0.25) is 11.2 Å². The van der Waals surface area contributed by atoms with Crippen LogP contribution in [0.5, 0.6) is 0 Å². The van der Waals surface area contributed by atoms with Crippen LogP contribution in [-0.2, 0) is 11.0 Å². The van der Waals surface area contributed by atoms with Crippen LogP contribution in [0.4, 0.5) is 0 Å². The summed E-state index contributed by atoms with van der Waals surface area (Å²) in [6.45, 7) is 4.87. The largest absolute Gasteiger partial charge is 0.221 e. The minimum atomic E-state index is 0.153. The van der Waals surface area contributed by atoms with E-state index in [1.54, 1.807) is 0 Å². The molecule has 0 amide bonds. The summed E-state index contributed by atoms with van der Waals surface area (Å²) in [4.78, 5) is 0. The van der Waals surface area contributed by atoms with Crippen LogP contribution < -0.4 is 4.57 Å². The summed E-state index contributed by atoms with van der Waals surface area (Å²) in [6, 6.07) is 26.8. The summed E-state index contributed by atoms with van der Waals surface area (Å²) in [7, 11) is 0. The molecule has 1 aromatic heterocycles. The average molecular weight is 322 g/mol. The number of hydrogen-bond donors (Lipinski definition) is 0. The van der Waals surface area contributed by atoms with Crippen molar-refractivity contribution in [1.29, 1.82) is 0 Å². The quantitative estimate of drug-likeness (QED) is 0.304. The smallest absolute Gasteiger partial charge is 0.185 e. The van der Waals surface area contributed by atoms with Gasteiger partial charge in [-0.3, -0.25) is 0 Å². The number of hydrogen-bond acceptors (Lipinski definition) is 0. The number of nitrogens with zero attached hydrogens (tertiary/aromatic N) is 1. The number of rotatable bonds is 0. The number of fused-ring (bicyclic) bond motifs is 11. The van der Waals surface area contributed by atoms with Gasteiger partial charge in [-0.05, 0) is 30.7 Å². The molecular formula is C24H20N+. The van der Waals surface area contributed by atoms with Crippen molar-refractivity contribution in [2.24, 2.45) is 0 Å². The van der Waals surface area contributed by atoms with Gasteiger partial charge in [0, 0.05) is 24.8 Å². The molecule has 1 fully saturated rings. The lowest BCUT2D eigenvalue weighted by Crippen LogP contribution is -2.53. The average Bonchev–Trinajstić information content (AvgIpc) is 3.25. The predicted octanol–water partition coefficient (Wildman–Crippen LogP) is 5.34. The fourth-order valence-corrected chi connectivity index (χ4v) is 5.37. The molecule has 120 valence electrons. The molecule has 6 rings (SSSR count). The fraction of sp³-hybridized carbons (Fsp3) is 0.208. The molecule has 1 nitrogen and oxygen atoms in total. The van der Waals surface area contributed by atoms with Gasteiger partial charge >= 0.3 is 0 Å². The summed E-state index contributed by atoms with van der Waals surface area (Å²) in [5, 5.41) is 4.08. The molecule has 2 atom stereocenters. The molecule has 2 unspecified atom stereocenters. The molecule has 4 aromatic rings. The minimum Gasteiger partial charge on any atom is -0.185 e. The fourth-order valence-electron chi connectivity index (χ4n) is 5.37. The zero-order valence-electron chi connectivity index (χ0n) is 14.6. The molecule has 1 aliphatic heterocycles. The Hall–Kier alpha value is -2.67. The predicted molar refractivity (Wildman–Crippen MR) is 103 cm³/mol. The summed E-state index contributed by atoms with van der Waals surface area (Å²) in [5.74, 6) is 0. The SMILES string of the molecule is CC12CC1(C)[n+]1c(c3ccccc3c3ccccc31)-c1ccccc12. The number of pyridine rings is 1. The molecule has 1 aliphatic carbocycles. The summed E-state index contributed by atoms with van der Waals surface area (Å²) < 4.78 is 2.65. The van der Waals surface area contributed by atoms with Crippen molar-refractivity contribution in [3.8, 4) is 11.3 Å². The zero-order chi connectivity index (χ0) is 16.8. The van der Waals surface area contributed by atoms with Crippen LogP contribution in [0, 0.1) is 0 Å². The van der Waals surface area contributed by atoms with E-state index in [1.165, 1.54) is 44.9 Å². The highest BCUT2D eigenvalue weighted by atomic mass is 15.2. The normalized spacial score (nSPS) is 26.2. The lowest BCUT2D eigenvalue weighted by atomic mass is 9.82. The maximum Gasteiger partial charge on any atom is 0.221 e. The number of para-hydroxylation sites is 1. The maximum atomic E-state index is 2.65. The van der Waals surface area contributed by atoms with E-state index in [9.17, 15) is 0 Å². The van der Waals surface area contributed by atoms with E-state index in [-0.39, 0.29) is 11.0 Å². The van der Waals surface area contributed by atoms with Crippen LogP contribution in [0.2, 0.25) is 0 Å². The first-order chi connectivity index (χ1) is 12.2. The Labute approximate surface area is 147 Å². The monoisotopic (exact) mass is 322 g/mol. The lowest BCUT2D eigenvalue weighted by Gasteiger charge is -2.27. The molecule has 3 aromatic carbocycles. The highest BCUT2D eigenvalue weighted by Gasteiger charge is 2.74. The molecule has 2 heterocycles. The zero-order valence-corrected chi connectivity index (χ0v) is 14.6. The topological polar surface area (TPSA) is 3.88 Å². The lowest BCUT2D eigenvalue weighted by molar-refractivity contribution is -0.706. The van der Waals surface area contributed by atoms with Crippen LogP contribution in [-0.4, -0.2) is 0 Å². The van der Waals surface area contributed by atoms with Gasteiger partial charge in [-0.1, -0.05) is 48.5 Å². The summed E-state index contributed by atoms with van der Waals surface area (Å²) in [6.07, 6.45) is 1.21. The van der Waals surface area contributed by atoms with Crippen LogP contribution in [0.1, 0.15) is 25.8 Å². The van der Waals surface area contributed by atoms with Crippen molar-refractivity contribution in [3.05, 3.63) is 78.4 Å². The van der Waals surface area contributed by atoms with E-state index >= 15 is 0 Å². The molecule has 0 bridgehead atoms. The summed E-state index contributed by atoms with van der Waals surface area (Å²) in [5.41, 5.74) is 6.05. The van der Waals surface area contributed by atoms with Gasteiger partial charge in [0.25, 0.3) is 0 Å². The van der Waals surface area contributed by atoms with Gasteiger partial charge in [0.1, 0.15) is 0 Å². The van der Waals surface area contributed by atoms with Crippen molar-refractivity contribution in [2.75, 3.05) is 0 Å². The van der Waals surface area contributed by atoms with Gasteiger partial charge in [-0.15, -0.1) is 0 Å². The van der Waals surface area contributed by atoms with Crippen LogP contribution in [0.15, 0.2) is 72.8 Å². The molecule has 0 saturated heterocycles. The van der Waals surface area contributed by atoms with Crippen molar-refractivity contribution >= 4 is 21.7 Å². The highest BCUT2D eigenvalue weighted by molar-refractivity contribution is 6.09. The molecular weight excluding hydrogens is 302 g/mol. The second kappa shape index (κ2) is 4.11. The van der Waals surface area contributed by atoms with Crippen molar-refractivity contribution in [2.45, 2.75) is 31.2 Å². The van der Waals surface area contributed by atoms with Crippen molar-refractivity contribution in [1.82, 2.24) is 0 Å². The minimum absolute atomic E-state index is 0.153. The molecule has 1 saturated carbocycles. The Balaban J connectivity index is 1.95. The maximum absolute atomic E-state index is 2.65. The first-order valence-corrected chi connectivity index (χ1v) is 9.11. The van der Waals surface area contributed by atoms with Crippen molar-refractivity contribution in [3.63, 3.8) is 0 Å². The Kier molecular flexibility index (Phi) is 2.23. The van der Waals surface area contributed by atoms with Gasteiger partial charge in [0.15, 0.2) is 5.54 Å². The highest BCUT2D eigenvalue weighted by Crippen LogP contribution is 2.64. The summed E-state index contributed by atoms with van der Waals surface area (Å²) >= 11 is 0. The van der Waals surface area contributed by atoms with E-state index in [0.29, 0.717) is 0 Å². The van der Waals surface area contributed by atoms with Crippen LogP contribution in [0.3, 0.4) is 0 Å². The number of aromatic nitrogens is 1. The molecule has 0 N–H and O–H groups in total. The third-order valence-corrected chi connectivity index (χ3v) is 6.87. The molecule has 25 heavy (non-hydrogen) atoms. The number of benzene rings is 3. The third-order valence-electron chi connectivity index (χ3n) is 6.87. The van der Waals surface area contributed by atoms with E-state index in [4.69, 9.17) is 0 Å². The molecule has 2 aliphatic rings. The Morgan fingerprint density at radius 3 is 2.20 bits per heavy atom.